The van der Waals surface area contributed by atoms with Crippen LogP contribution in [0.2, 0.25) is 0 Å². The Morgan fingerprint density at radius 2 is 1.32 bits per heavy atom. The molecule has 0 aromatic heterocycles. The van der Waals surface area contributed by atoms with E-state index in [0.29, 0.717) is 11.6 Å². The molecule has 1 heterocycles. The highest BCUT2D eigenvalue weighted by atomic mass is 16.5. The fraction of sp³-hybridized carbons (Fsp3) is 0.0476. The number of carbonyl (C=O) groups excluding carboxylic acids is 1. The molecule has 4 nitrogen and oxygen atoms in total. The first kappa shape index (κ1) is 15.1. The number of hydrogen-bond donors (Lipinski definition) is 0. The third-order valence-electron chi connectivity index (χ3n) is 3.98. The Bertz CT molecular complexity index is 893. The summed E-state index contributed by atoms with van der Waals surface area (Å²) in [7, 11) is 0. The van der Waals surface area contributed by atoms with Crippen molar-refractivity contribution in [3.63, 3.8) is 0 Å². The zero-order chi connectivity index (χ0) is 17.1. The number of rotatable bonds is 3. The number of nitrogens with zero attached hydrogens (tertiary/aromatic N) is 2. The van der Waals surface area contributed by atoms with E-state index < -0.39 is 6.10 Å². The van der Waals surface area contributed by atoms with Gasteiger partial charge in [-0.15, -0.1) is 5.10 Å². The number of carbonyl (C=O) groups is 1. The molecule has 0 saturated heterocycles. The molecule has 0 bridgehead atoms. The predicted octanol–water partition coefficient (Wildman–Crippen LogP) is 4.15. The molecule has 0 spiro atoms. The van der Waals surface area contributed by atoms with E-state index in [1.807, 2.05) is 91.0 Å². The van der Waals surface area contributed by atoms with Crippen LogP contribution in [-0.2, 0) is 9.53 Å². The second-order valence-corrected chi connectivity index (χ2v) is 5.67. The van der Waals surface area contributed by atoms with Gasteiger partial charge in [0.05, 0.1) is 5.69 Å². The van der Waals surface area contributed by atoms with E-state index in [-0.39, 0.29) is 5.91 Å². The molecule has 3 aromatic rings. The lowest BCUT2D eigenvalue weighted by Gasteiger charge is -2.30. The normalized spacial score (nSPS) is 17.0. The summed E-state index contributed by atoms with van der Waals surface area (Å²) in [6.07, 6.45) is -0.728. The minimum Gasteiger partial charge on any atom is -0.458 e. The van der Waals surface area contributed by atoms with Crippen LogP contribution in [0.25, 0.3) is 0 Å². The first-order valence-electron chi connectivity index (χ1n) is 8.07. The van der Waals surface area contributed by atoms with Gasteiger partial charge < -0.3 is 4.74 Å². The minimum atomic E-state index is -0.728. The summed E-state index contributed by atoms with van der Waals surface area (Å²) in [6.45, 7) is 0. The lowest BCUT2D eigenvalue weighted by molar-refractivity contribution is -0.127. The third kappa shape index (κ3) is 3.02. The van der Waals surface area contributed by atoms with E-state index in [0.717, 1.165) is 11.1 Å². The molecular formula is C21H16N2O2. The fourth-order valence-electron chi connectivity index (χ4n) is 2.74. The van der Waals surface area contributed by atoms with Crippen molar-refractivity contribution in [2.24, 2.45) is 5.10 Å². The highest BCUT2D eigenvalue weighted by molar-refractivity contribution is 6.06. The van der Waals surface area contributed by atoms with Gasteiger partial charge in [-0.1, -0.05) is 66.7 Å². The van der Waals surface area contributed by atoms with Crippen molar-refractivity contribution in [2.45, 2.75) is 6.10 Å². The summed E-state index contributed by atoms with van der Waals surface area (Å²) >= 11 is 0. The Morgan fingerprint density at radius 3 is 1.96 bits per heavy atom. The van der Waals surface area contributed by atoms with Crippen LogP contribution in [0.3, 0.4) is 0 Å². The predicted molar refractivity (Wildman–Crippen MR) is 97.2 cm³/mol. The number of para-hydroxylation sites is 1. The van der Waals surface area contributed by atoms with Gasteiger partial charge in [0.25, 0.3) is 5.91 Å². The standard InChI is InChI=1S/C21H16N2O2/c24-21-19(16-10-4-1-5-11-16)25-20(17-12-6-2-7-13-17)22-23(21)18-14-8-3-9-15-18/h1-15,19H. The molecule has 0 saturated carbocycles. The molecule has 4 heteroatoms. The quantitative estimate of drug-likeness (QED) is 0.725. The van der Waals surface area contributed by atoms with E-state index >= 15 is 0 Å². The Labute approximate surface area is 146 Å². The molecule has 0 N–H and O–H groups in total. The van der Waals surface area contributed by atoms with Gasteiger partial charge in [0, 0.05) is 11.1 Å². The first-order chi connectivity index (χ1) is 12.3. The van der Waals surface area contributed by atoms with Gasteiger partial charge >= 0.3 is 0 Å². The maximum absolute atomic E-state index is 13.0. The minimum absolute atomic E-state index is 0.211. The van der Waals surface area contributed by atoms with Crippen LogP contribution in [0, 0.1) is 0 Å². The van der Waals surface area contributed by atoms with Crippen LogP contribution < -0.4 is 5.01 Å². The molecule has 4 rings (SSSR count). The topological polar surface area (TPSA) is 41.9 Å². The summed E-state index contributed by atoms with van der Waals surface area (Å²) in [5, 5.41) is 5.88. The maximum atomic E-state index is 13.0. The Balaban J connectivity index is 1.80. The van der Waals surface area contributed by atoms with Crippen LogP contribution in [0.15, 0.2) is 96.1 Å². The summed E-state index contributed by atoms with van der Waals surface area (Å²) in [4.78, 5) is 13.0. The molecular weight excluding hydrogens is 312 g/mol. The zero-order valence-electron chi connectivity index (χ0n) is 13.4. The SMILES string of the molecule is O=C1C(c2ccccc2)OC(c2ccccc2)=NN1c1ccccc1. The zero-order valence-corrected chi connectivity index (χ0v) is 13.4. The van der Waals surface area contributed by atoms with Crippen molar-refractivity contribution in [3.8, 4) is 0 Å². The number of hydrazone groups is 1. The van der Waals surface area contributed by atoms with Gasteiger partial charge in [-0.3, -0.25) is 4.79 Å². The van der Waals surface area contributed by atoms with Crippen molar-refractivity contribution >= 4 is 17.5 Å². The fourth-order valence-corrected chi connectivity index (χ4v) is 2.74. The Morgan fingerprint density at radius 1 is 0.760 bits per heavy atom. The van der Waals surface area contributed by atoms with Gasteiger partial charge in [0.1, 0.15) is 0 Å². The Kier molecular flexibility index (Phi) is 4.01. The van der Waals surface area contributed by atoms with Gasteiger partial charge in [-0.05, 0) is 24.3 Å². The monoisotopic (exact) mass is 328 g/mol. The molecule has 1 aliphatic heterocycles. The molecule has 3 aromatic carbocycles. The van der Waals surface area contributed by atoms with Crippen molar-refractivity contribution in [1.29, 1.82) is 0 Å². The molecule has 0 radical (unpaired) electrons. The maximum Gasteiger partial charge on any atom is 0.293 e. The number of amides is 1. The van der Waals surface area contributed by atoms with Crippen molar-refractivity contribution in [2.75, 3.05) is 5.01 Å². The van der Waals surface area contributed by atoms with E-state index in [1.165, 1.54) is 5.01 Å². The van der Waals surface area contributed by atoms with Gasteiger partial charge in [-0.2, -0.15) is 5.01 Å². The third-order valence-corrected chi connectivity index (χ3v) is 3.98. The number of ether oxygens (including phenoxy) is 1. The second kappa shape index (κ2) is 6.61. The van der Waals surface area contributed by atoms with Gasteiger partial charge in [-0.25, -0.2) is 0 Å². The Hall–Kier alpha value is -3.40. The van der Waals surface area contributed by atoms with E-state index in [4.69, 9.17) is 4.74 Å². The first-order valence-corrected chi connectivity index (χ1v) is 8.07. The largest absolute Gasteiger partial charge is 0.458 e. The van der Waals surface area contributed by atoms with E-state index in [2.05, 4.69) is 5.10 Å². The molecule has 1 aliphatic rings. The summed E-state index contributed by atoms with van der Waals surface area (Å²) in [6, 6.07) is 28.5. The second-order valence-electron chi connectivity index (χ2n) is 5.67. The van der Waals surface area contributed by atoms with Crippen LogP contribution in [0.4, 0.5) is 5.69 Å². The van der Waals surface area contributed by atoms with Gasteiger partial charge in [0.15, 0.2) is 0 Å². The van der Waals surface area contributed by atoms with Crippen molar-refractivity contribution < 1.29 is 9.53 Å². The van der Waals surface area contributed by atoms with E-state index in [1.54, 1.807) is 0 Å². The molecule has 1 unspecified atom stereocenters. The summed E-state index contributed by atoms with van der Waals surface area (Å²) in [5.74, 6) is 0.218. The number of hydrogen-bond acceptors (Lipinski definition) is 3. The average Bonchev–Trinajstić information content (AvgIpc) is 2.70. The van der Waals surface area contributed by atoms with Crippen LogP contribution in [0.5, 0.6) is 0 Å². The molecule has 25 heavy (non-hydrogen) atoms. The van der Waals surface area contributed by atoms with Crippen LogP contribution in [0.1, 0.15) is 17.2 Å². The molecule has 0 fully saturated rings. The average molecular weight is 328 g/mol. The lowest BCUT2D eigenvalue weighted by Crippen LogP contribution is -2.39. The van der Waals surface area contributed by atoms with Gasteiger partial charge in [0.2, 0.25) is 12.0 Å². The number of benzene rings is 3. The summed E-state index contributed by atoms with van der Waals surface area (Å²) < 4.78 is 5.98. The highest BCUT2D eigenvalue weighted by Crippen LogP contribution is 2.29. The lowest BCUT2D eigenvalue weighted by atomic mass is 10.1. The molecule has 122 valence electrons. The summed E-state index contributed by atoms with van der Waals surface area (Å²) in [5.41, 5.74) is 2.35. The number of anilines is 1. The highest BCUT2D eigenvalue weighted by Gasteiger charge is 2.34. The van der Waals surface area contributed by atoms with E-state index in [9.17, 15) is 4.79 Å². The molecule has 0 aliphatic carbocycles. The van der Waals surface area contributed by atoms with Crippen molar-refractivity contribution in [1.82, 2.24) is 0 Å². The van der Waals surface area contributed by atoms with Crippen LogP contribution >= 0.6 is 0 Å². The molecule has 1 amide bonds. The smallest absolute Gasteiger partial charge is 0.293 e. The molecule has 1 atom stereocenters. The van der Waals surface area contributed by atoms with Crippen molar-refractivity contribution in [3.05, 3.63) is 102 Å². The van der Waals surface area contributed by atoms with Crippen LogP contribution in [-0.4, -0.2) is 11.8 Å².